The summed E-state index contributed by atoms with van der Waals surface area (Å²) in [6, 6.07) is 18.3. The standard InChI is InChI=1S/C28H22F2N4O2/c1-15-9-4-5-10-16(15)24-21-25(32(2)28(36)33(3)27(21)35)26-23(17-11-8-12-18(29)22(17)30)31-19-13-6-7-14-20(19)34(24)26/h4-14,23,31H,1-3H3/t23-/m1/s1. The van der Waals surface area contributed by atoms with Crippen molar-refractivity contribution in [1.29, 1.82) is 0 Å². The van der Waals surface area contributed by atoms with Crippen LogP contribution in [0.3, 0.4) is 0 Å². The molecule has 5 aromatic rings. The van der Waals surface area contributed by atoms with E-state index >= 15 is 4.39 Å². The molecule has 1 aliphatic rings. The van der Waals surface area contributed by atoms with Crippen molar-refractivity contribution in [3.8, 4) is 16.9 Å². The van der Waals surface area contributed by atoms with Crippen LogP contribution in [0, 0.1) is 18.6 Å². The van der Waals surface area contributed by atoms with Gasteiger partial charge in [-0.25, -0.2) is 13.6 Å². The quantitative estimate of drug-likeness (QED) is 0.392. The number of aromatic nitrogens is 3. The number of hydrogen-bond acceptors (Lipinski definition) is 3. The van der Waals surface area contributed by atoms with E-state index in [4.69, 9.17) is 0 Å². The van der Waals surface area contributed by atoms with E-state index < -0.39 is 28.9 Å². The second kappa shape index (κ2) is 7.78. The summed E-state index contributed by atoms with van der Waals surface area (Å²) in [5.41, 5.74) is 3.75. The van der Waals surface area contributed by atoms with Crippen LogP contribution in [0.4, 0.5) is 14.5 Å². The predicted octanol–water partition coefficient (Wildman–Crippen LogP) is 4.80. The summed E-state index contributed by atoms with van der Waals surface area (Å²) in [6.45, 7) is 1.95. The molecular formula is C28H22F2N4O2. The first-order valence-electron chi connectivity index (χ1n) is 11.5. The van der Waals surface area contributed by atoms with Gasteiger partial charge in [-0.3, -0.25) is 13.9 Å². The molecule has 3 heterocycles. The predicted molar refractivity (Wildman–Crippen MR) is 136 cm³/mol. The summed E-state index contributed by atoms with van der Waals surface area (Å²) < 4.78 is 34.0. The number of nitrogens with zero attached hydrogens (tertiary/aromatic N) is 3. The Morgan fingerprint density at radius 2 is 1.58 bits per heavy atom. The molecule has 6 rings (SSSR count). The molecule has 0 amide bonds. The van der Waals surface area contributed by atoms with Crippen molar-refractivity contribution < 1.29 is 8.78 Å². The summed E-state index contributed by atoms with van der Waals surface area (Å²) in [7, 11) is 3.03. The minimum Gasteiger partial charge on any atom is -0.371 e. The molecule has 180 valence electrons. The fraction of sp³-hybridized carbons (Fsp3) is 0.143. The van der Waals surface area contributed by atoms with Gasteiger partial charge in [0.2, 0.25) is 0 Å². The van der Waals surface area contributed by atoms with Gasteiger partial charge in [-0.05, 0) is 30.7 Å². The number of aryl methyl sites for hydroxylation is 2. The summed E-state index contributed by atoms with van der Waals surface area (Å²) in [4.78, 5) is 26.8. The van der Waals surface area contributed by atoms with Crippen LogP contribution < -0.4 is 16.6 Å². The Morgan fingerprint density at radius 1 is 0.861 bits per heavy atom. The lowest BCUT2D eigenvalue weighted by molar-refractivity contribution is 0.495. The number of halogens is 2. The number of rotatable bonds is 2. The van der Waals surface area contributed by atoms with Crippen LogP contribution in [0.15, 0.2) is 76.3 Å². The molecule has 1 N–H and O–H groups in total. The first kappa shape index (κ1) is 22.0. The first-order chi connectivity index (χ1) is 17.3. The number of nitrogens with one attached hydrogen (secondary N) is 1. The lowest BCUT2D eigenvalue weighted by atomic mass is 9.98. The van der Waals surface area contributed by atoms with E-state index in [0.29, 0.717) is 28.0 Å². The normalized spacial score (nSPS) is 14.4. The van der Waals surface area contributed by atoms with E-state index in [1.807, 2.05) is 60.0 Å². The van der Waals surface area contributed by atoms with E-state index in [1.54, 1.807) is 7.05 Å². The Bertz CT molecular complexity index is 1830. The van der Waals surface area contributed by atoms with Gasteiger partial charge in [0.15, 0.2) is 11.6 Å². The zero-order valence-corrected chi connectivity index (χ0v) is 19.8. The molecular weight excluding hydrogens is 462 g/mol. The number of hydrogen-bond donors (Lipinski definition) is 1. The third-order valence-corrected chi connectivity index (χ3v) is 7.02. The molecule has 3 aromatic carbocycles. The van der Waals surface area contributed by atoms with Gasteiger partial charge in [0.05, 0.1) is 39.7 Å². The van der Waals surface area contributed by atoms with Gasteiger partial charge in [0, 0.05) is 25.2 Å². The first-order valence-corrected chi connectivity index (χ1v) is 11.5. The molecule has 0 saturated carbocycles. The Labute approximate surface area is 204 Å². The molecule has 1 aliphatic heterocycles. The minimum absolute atomic E-state index is 0.0783. The number of para-hydroxylation sites is 2. The molecule has 0 saturated heterocycles. The van der Waals surface area contributed by atoms with Crippen LogP contribution >= 0.6 is 0 Å². The smallest absolute Gasteiger partial charge is 0.331 e. The van der Waals surface area contributed by atoms with Crippen molar-refractivity contribution >= 4 is 16.6 Å². The van der Waals surface area contributed by atoms with Gasteiger partial charge in [0.25, 0.3) is 5.56 Å². The second-order valence-corrected chi connectivity index (χ2v) is 9.05. The topological polar surface area (TPSA) is 61.0 Å². The number of fused-ring (bicyclic) bond motifs is 5. The van der Waals surface area contributed by atoms with Gasteiger partial charge in [0.1, 0.15) is 0 Å². The number of anilines is 1. The highest BCUT2D eigenvalue weighted by atomic mass is 19.2. The van der Waals surface area contributed by atoms with Crippen LogP contribution in [-0.2, 0) is 14.1 Å². The highest BCUT2D eigenvalue weighted by Gasteiger charge is 2.36. The highest BCUT2D eigenvalue weighted by Crippen LogP contribution is 2.46. The highest BCUT2D eigenvalue weighted by molar-refractivity contribution is 5.99. The van der Waals surface area contributed by atoms with Crippen molar-refractivity contribution in [3.63, 3.8) is 0 Å². The monoisotopic (exact) mass is 484 g/mol. The average Bonchev–Trinajstić information content (AvgIpc) is 3.24. The van der Waals surface area contributed by atoms with E-state index in [2.05, 4.69) is 5.32 Å². The van der Waals surface area contributed by atoms with Crippen LogP contribution in [0.1, 0.15) is 22.9 Å². The molecule has 0 fully saturated rings. The van der Waals surface area contributed by atoms with Gasteiger partial charge in [-0.1, -0.05) is 48.5 Å². The Hall–Kier alpha value is -4.46. The summed E-state index contributed by atoms with van der Waals surface area (Å²) in [5, 5.41) is 3.68. The van der Waals surface area contributed by atoms with E-state index in [1.165, 1.54) is 23.7 Å². The van der Waals surface area contributed by atoms with Crippen molar-refractivity contribution in [2.75, 3.05) is 5.32 Å². The Morgan fingerprint density at radius 3 is 2.36 bits per heavy atom. The molecule has 6 nitrogen and oxygen atoms in total. The van der Waals surface area contributed by atoms with Crippen molar-refractivity contribution in [2.45, 2.75) is 13.0 Å². The van der Waals surface area contributed by atoms with Gasteiger partial charge < -0.3 is 9.88 Å². The molecule has 0 radical (unpaired) electrons. The SMILES string of the molecule is Cc1ccccc1-c1c2c(=O)n(C)c(=O)n(C)c2c2n1-c1ccccc1N[C@@H]2c1cccc(F)c1F. The average molecular weight is 485 g/mol. The lowest BCUT2D eigenvalue weighted by Crippen LogP contribution is -2.37. The molecule has 2 aromatic heterocycles. The lowest BCUT2D eigenvalue weighted by Gasteiger charge is -2.31. The van der Waals surface area contributed by atoms with E-state index in [9.17, 15) is 14.0 Å². The van der Waals surface area contributed by atoms with Gasteiger partial charge >= 0.3 is 5.69 Å². The van der Waals surface area contributed by atoms with Crippen LogP contribution in [0.5, 0.6) is 0 Å². The van der Waals surface area contributed by atoms with Crippen molar-refractivity contribution in [2.24, 2.45) is 14.1 Å². The summed E-state index contributed by atoms with van der Waals surface area (Å²) in [5.74, 6) is -1.96. The third-order valence-electron chi connectivity index (χ3n) is 7.02. The van der Waals surface area contributed by atoms with Crippen molar-refractivity contribution in [1.82, 2.24) is 13.7 Å². The van der Waals surface area contributed by atoms with Crippen LogP contribution in [0.2, 0.25) is 0 Å². The van der Waals surface area contributed by atoms with E-state index in [0.717, 1.165) is 27.4 Å². The third kappa shape index (κ3) is 2.87. The van der Waals surface area contributed by atoms with Crippen LogP contribution in [0.25, 0.3) is 27.8 Å². The zero-order chi connectivity index (χ0) is 25.3. The molecule has 0 aliphatic carbocycles. The number of benzene rings is 3. The summed E-state index contributed by atoms with van der Waals surface area (Å²) in [6.07, 6.45) is 0. The molecule has 1 atom stereocenters. The Balaban J connectivity index is 1.90. The zero-order valence-electron chi connectivity index (χ0n) is 19.8. The largest absolute Gasteiger partial charge is 0.371 e. The maximum Gasteiger partial charge on any atom is 0.331 e. The van der Waals surface area contributed by atoms with Crippen LogP contribution in [-0.4, -0.2) is 13.7 Å². The minimum atomic E-state index is -0.985. The molecule has 0 spiro atoms. The van der Waals surface area contributed by atoms with E-state index in [-0.39, 0.29) is 5.56 Å². The summed E-state index contributed by atoms with van der Waals surface area (Å²) >= 11 is 0. The fourth-order valence-electron chi connectivity index (χ4n) is 5.29. The van der Waals surface area contributed by atoms with Crippen molar-refractivity contribution in [3.05, 3.63) is 116 Å². The molecule has 0 unspecified atom stereocenters. The fourth-order valence-corrected chi connectivity index (χ4v) is 5.29. The maximum absolute atomic E-state index is 15.2. The molecule has 8 heteroatoms. The van der Waals surface area contributed by atoms with Gasteiger partial charge in [-0.15, -0.1) is 0 Å². The molecule has 0 bridgehead atoms. The Kier molecular flexibility index (Phi) is 4.76. The van der Waals surface area contributed by atoms with Gasteiger partial charge in [-0.2, -0.15) is 0 Å². The molecule has 36 heavy (non-hydrogen) atoms. The second-order valence-electron chi connectivity index (χ2n) is 9.05. The maximum atomic E-state index is 15.2.